The molecule has 0 bridgehead atoms. The van der Waals surface area contributed by atoms with Gasteiger partial charge in [0.2, 0.25) is 5.78 Å². The minimum absolute atomic E-state index is 0.0323. The van der Waals surface area contributed by atoms with E-state index in [1.807, 2.05) is 98.1 Å². The number of esters is 3. The number of ketones is 1. The summed E-state index contributed by atoms with van der Waals surface area (Å²) < 4.78 is 14.0. The summed E-state index contributed by atoms with van der Waals surface area (Å²) in [6.45, 7) is 70.0. The van der Waals surface area contributed by atoms with Gasteiger partial charge in [-0.3, -0.25) is 9.59 Å². The Labute approximate surface area is 773 Å². The lowest BCUT2D eigenvalue weighted by atomic mass is 9.66. The topological polar surface area (TPSA) is 191 Å². The lowest BCUT2D eigenvalue weighted by molar-refractivity contribution is 0.0169. The van der Waals surface area contributed by atoms with Gasteiger partial charge in [-0.05, 0) is 348 Å². The molecule has 0 atom stereocenters. The number of halogens is 3. The van der Waals surface area contributed by atoms with Crippen LogP contribution < -0.4 is 0 Å². The molecule has 4 aromatic carbocycles. The Morgan fingerprint density at radius 1 is 0.363 bits per heavy atom. The van der Waals surface area contributed by atoms with Crippen LogP contribution in [0.2, 0.25) is 0 Å². The highest BCUT2D eigenvalue weighted by Crippen LogP contribution is 2.57. The van der Waals surface area contributed by atoms with Crippen molar-refractivity contribution in [1.82, 2.24) is 0 Å². The molecular weight excluding hydrogens is 1690 g/mol. The molecule has 0 fully saturated rings. The summed E-state index contributed by atoms with van der Waals surface area (Å²) in [7, 11) is 4.05. The summed E-state index contributed by atoms with van der Waals surface area (Å²) in [5.74, 6) is -2.01. The number of ether oxygens (including phenoxy) is 3. The third-order valence-corrected chi connectivity index (χ3v) is 31.9. The molecule has 4 aromatic heterocycles. The van der Waals surface area contributed by atoms with Crippen LogP contribution in [0, 0.1) is 27.7 Å². The first-order valence-corrected chi connectivity index (χ1v) is 47.5. The van der Waals surface area contributed by atoms with E-state index in [-0.39, 0.29) is 54.0 Å². The molecule has 0 aliphatic heterocycles. The number of aromatic carboxylic acids is 1. The maximum absolute atomic E-state index is 13.2. The molecule has 12 nitrogen and oxygen atoms in total. The number of aryl methyl sites for hydroxylation is 1. The summed E-state index contributed by atoms with van der Waals surface area (Å²) in [5.41, 5.74) is 18.6. The fourth-order valence-electron chi connectivity index (χ4n) is 16.5. The van der Waals surface area contributed by atoms with E-state index in [1.54, 1.807) is 85.9 Å². The Morgan fingerprint density at radius 3 is 0.863 bits per heavy atom. The molecule has 0 saturated heterocycles. The third kappa shape index (κ3) is 27.4. The van der Waals surface area contributed by atoms with Crippen molar-refractivity contribution in [2.75, 3.05) is 21.3 Å². The Balaban J connectivity index is 0.000000231. The number of alkyl halides is 2. The average molecular weight is 1830 g/mol. The molecule has 0 radical (unpaired) electrons. The maximum atomic E-state index is 13.2. The Hall–Kier alpha value is -6.83. The molecule has 19 heteroatoms. The lowest BCUT2D eigenvalue weighted by Gasteiger charge is -2.40. The van der Waals surface area contributed by atoms with Crippen molar-refractivity contribution in [3.05, 3.63) is 239 Å². The number of carbonyl (C=O) groups is 6. The minimum Gasteiger partial charge on any atom is -0.478 e. The molecular formula is C105H141Cl3O12S4. The number of benzene rings is 4. The second-order valence-corrected chi connectivity index (χ2v) is 48.0. The third-order valence-electron chi connectivity index (χ3n) is 24.7. The second kappa shape index (κ2) is 40.9. The van der Waals surface area contributed by atoms with E-state index in [2.05, 4.69) is 162 Å². The van der Waals surface area contributed by atoms with Crippen molar-refractivity contribution in [3.8, 4) is 0 Å². The number of rotatable bonds is 17. The van der Waals surface area contributed by atoms with E-state index in [1.165, 1.54) is 142 Å². The van der Waals surface area contributed by atoms with Crippen LogP contribution in [-0.4, -0.2) is 92.5 Å². The summed E-state index contributed by atoms with van der Waals surface area (Å²) in [6.07, 6.45) is 12.9. The van der Waals surface area contributed by atoms with Crippen LogP contribution in [0.4, 0.5) is 0 Å². The molecule has 4 aliphatic rings. The number of methoxy groups -OCH3 is 3. The van der Waals surface area contributed by atoms with Crippen LogP contribution >= 0.6 is 80.1 Å². The number of hydrogen-bond acceptors (Lipinski definition) is 15. The van der Waals surface area contributed by atoms with Gasteiger partial charge >= 0.3 is 23.9 Å². The van der Waals surface area contributed by atoms with Gasteiger partial charge in [-0.15, -0.1) is 68.5 Å². The van der Waals surface area contributed by atoms with Gasteiger partial charge in [-0.2, -0.15) is 0 Å². The van der Waals surface area contributed by atoms with Gasteiger partial charge in [0.25, 0.3) is 5.24 Å². The van der Waals surface area contributed by atoms with Crippen LogP contribution in [0.5, 0.6) is 0 Å². The fraction of sp³-hybridized carbons (Fsp3) is 0.524. The Morgan fingerprint density at radius 2 is 0.605 bits per heavy atom. The van der Waals surface area contributed by atoms with Crippen LogP contribution in [0.15, 0.2) is 116 Å². The highest BCUT2D eigenvalue weighted by Gasteiger charge is 2.45. The van der Waals surface area contributed by atoms with Crippen molar-refractivity contribution in [1.29, 1.82) is 0 Å². The van der Waals surface area contributed by atoms with E-state index in [0.717, 1.165) is 58.4 Å². The molecule has 124 heavy (non-hydrogen) atoms. The highest BCUT2D eigenvalue weighted by atomic mass is 35.5. The first-order valence-electron chi connectivity index (χ1n) is 43.0. The van der Waals surface area contributed by atoms with Gasteiger partial charge in [-0.1, -0.05) is 160 Å². The molecule has 12 rings (SSSR count). The largest absolute Gasteiger partial charge is 0.478 e. The van der Waals surface area contributed by atoms with Gasteiger partial charge < -0.3 is 29.5 Å². The van der Waals surface area contributed by atoms with E-state index in [4.69, 9.17) is 49.4 Å². The molecule has 8 aromatic rings. The molecule has 0 saturated carbocycles. The SMILES string of the molecule is C=C(c1ccc(C(=O)O)cc1)c1sc2c(c1C)C(C)(C)CCC2(C)C.C=C(c1ccc(C(=O)OC)cc1)c1sc2c(c1C)C(C)(C)CCC2(C)C.CC(C)(Cl)CCC(C)(C)Cl.CC(C)(O)CCC(C)(C)O.COC(=O)c1ccc(C(=O)Cl)cc1.COC(=O)c1ccc(C(=O)c2sc3c(c2C)C(C)(C)CCC3(C)C)cc1.Cc1csc2c1C(C)(C)CCC2(C)C. The van der Waals surface area contributed by atoms with Crippen LogP contribution in [0.1, 0.15) is 395 Å². The smallest absolute Gasteiger partial charge is 0.337 e. The van der Waals surface area contributed by atoms with Gasteiger partial charge in [0.15, 0.2) is 0 Å². The highest BCUT2D eigenvalue weighted by molar-refractivity contribution is 7.15. The van der Waals surface area contributed by atoms with Crippen LogP contribution in [0.3, 0.4) is 0 Å². The second-order valence-electron chi connectivity index (χ2n) is 41.7. The van der Waals surface area contributed by atoms with E-state index < -0.39 is 34.4 Å². The van der Waals surface area contributed by atoms with Crippen molar-refractivity contribution in [2.24, 2.45) is 0 Å². The molecule has 3 N–H and O–H groups in total. The van der Waals surface area contributed by atoms with Crippen molar-refractivity contribution in [2.45, 2.75) is 335 Å². The average Bonchev–Trinajstić information content (AvgIpc) is 1.59. The number of carbonyl (C=O) groups excluding carboxylic acids is 5. The number of thiophene rings is 4. The molecule has 4 heterocycles. The summed E-state index contributed by atoms with van der Waals surface area (Å²) in [5, 5.41) is 29.4. The minimum atomic E-state index is -0.900. The zero-order valence-corrected chi connectivity index (χ0v) is 85.5. The van der Waals surface area contributed by atoms with Crippen molar-refractivity contribution < 1.29 is 58.3 Å². The quantitative estimate of drug-likeness (QED) is 0.0257. The first-order chi connectivity index (χ1) is 56.6. The molecule has 0 spiro atoms. The van der Waals surface area contributed by atoms with Gasteiger partial charge in [0.1, 0.15) is 0 Å². The summed E-state index contributed by atoms with van der Waals surface area (Å²) in [4.78, 5) is 78.1. The van der Waals surface area contributed by atoms with Crippen molar-refractivity contribution in [3.63, 3.8) is 0 Å². The maximum Gasteiger partial charge on any atom is 0.337 e. The van der Waals surface area contributed by atoms with Crippen LogP contribution in [-0.2, 0) is 57.5 Å². The number of fused-ring (bicyclic) bond motifs is 4. The standard InChI is InChI=1S/C23H28O2S.C22H26O3S.C22H26O2S.C13H20S.C9H7ClO3.C8H16Cl2.C8H18O2/c1-14(16-8-10-17(11-9-16)21(24)25-7)19-15(2)18-20(26-19)23(5,6)13-12-22(18,3)4;1-13-16-19(22(4,5)12-11-21(16,2)3)26-18(13)17(23)14-7-9-15(10-8-14)20(24)25-6;1-13(15-7-9-16(10-8-15)20(23)24)18-14(2)17-19(25-18)22(5,6)12-11-21(17,3)4;1-9-8-14-11-10(9)12(2,3)6-7-13(11,4)5;1-13-9(12)7-4-2-6(3-5-7)8(10)11;2*1-7(2,9)5-6-8(3,4)10/h8-11H,1,12-13H2,2-7H3;7-10H,11-12H2,1-6H3;7-10H,1,11-12H2,2-6H3,(H,23,24);8H,6-7H2,1-5H3;2-5H,1H3;5-6H2,1-4H3;9-10H,5-6H2,1-4H3. The molecule has 678 valence electrons. The predicted molar refractivity (Wildman–Crippen MR) is 525 cm³/mol. The van der Waals surface area contributed by atoms with Gasteiger partial charge in [0, 0.05) is 50.1 Å². The first kappa shape index (κ1) is 106. The fourth-order valence-corrected chi connectivity index (χ4v) is 23.0. The Kier molecular flexibility index (Phi) is 34.9. The zero-order valence-electron chi connectivity index (χ0n) is 80.0. The van der Waals surface area contributed by atoms with Gasteiger partial charge in [-0.25, -0.2) is 19.2 Å². The van der Waals surface area contributed by atoms with Crippen molar-refractivity contribution >= 4 is 126 Å². The predicted octanol–water partition coefficient (Wildman–Crippen LogP) is 29.2. The Bertz CT molecular complexity index is 4910. The molecule has 0 unspecified atom stereocenters. The number of carboxylic acids is 1. The normalized spacial score (nSPS) is 16.7. The summed E-state index contributed by atoms with van der Waals surface area (Å²) >= 11 is 24.6. The number of aliphatic hydroxyl groups is 2. The summed E-state index contributed by atoms with van der Waals surface area (Å²) in [6, 6.07) is 27.2. The van der Waals surface area contributed by atoms with E-state index in [0.29, 0.717) is 57.1 Å². The van der Waals surface area contributed by atoms with E-state index in [9.17, 15) is 39.0 Å². The zero-order chi connectivity index (χ0) is 94.4. The monoisotopic (exact) mass is 1830 g/mol. The number of carboxylic acid groups (broad SMARTS) is 1. The lowest BCUT2D eigenvalue weighted by Crippen LogP contribution is -2.32. The molecule has 0 amide bonds. The number of hydrogen-bond donors (Lipinski definition) is 3. The van der Waals surface area contributed by atoms with E-state index >= 15 is 0 Å². The van der Waals surface area contributed by atoms with Crippen LogP contribution in [0.25, 0.3) is 11.1 Å². The molecule has 4 aliphatic carbocycles. The van der Waals surface area contributed by atoms with Gasteiger partial charge in [0.05, 0.1) is 59.7 Å².